The van der Waals surface area contributed by atoms with E-state index in [0.717, 1.165) is 40.0 Å². The summed E-state index contributed by atoms with van der Waals surface area (Å²) in [7, 11) is 3.26. The Balaban J connectivity index is 1.35. The molecule has 0 aliphatic heterocycles. The molecule has 0 saturated carbocycles. The predicted molar refractivity (Wildman–Crippen MR) is 151 cm³/mol. The number of pyridine rings is 1. The fraction of sp³-hybridized carbons (Fsp3) is 0.276. The largest absolute Gasteiger partial charge is 0.487 e. The molecular weight excluding hydrogens is 510 g/mol. The third-order valence-electron chi connectivity index (χ3n) is 6.07. The second-order valence-corrected chi connectivity index (χ2v) is 8.86. The molecule has 2 aromatic carbocycles. The van der Waals surface area contributed by atoms with Gasteiger partial charge in [-0.15, -0.1) is 5.10 Å². The van der Waals surface area contributed by atoms with E-state index in [4.69, 9.17) is 18.9 Å². The number of hydrogen-bond donors (Lipinski definition) is 1. The van der Waals surface area contributed by atoms with E-state index >= 15 is 0 Å². The molecule has 0 fully saturated rings. The molecule has 0 amide bonds. The topological polar surface area (TPSA) is 118 Å². The number of anilines is 2. The highest BCUT2D eigenvalue weighted by Crippen LogP contribution is 2.35. The summed E-state index contributed by atoms with van der Waals surface area (Å²) in [5, 5.41) is 12.9. The molecule has 0 saturated heterocycles. The number of aromatic nitrogens is 6. The van der Waals surface area contributed by atoms with Crippen LogP contribution < -0.4 is 14.8 Å². The van der Waals surface area contributed by atoms with E-state index in [1.807, 2.05) is 65.5 Å². The molecule has 0 aliphatic carbocycles. The summed E-state index contributed by atoms with van der Waals surface area (Å²) in [5.74, 6) is 1.80. The average Bonchev–Trinajstić information content (AvgIpc) is 3.47. The van der Waals surface area contributed by atoms with Gasteiger partial charge in [0.25, 0.3) is 0 Å². The van der Waals surface area contributed by atoms with Crippen LogP contribution in [0.4, 0.5) is 11.5 Å². The number of aryl methyl sites for hydroxylation is 2. The molecule has 3 aromatic heterocycles. The lowest BCUT2D eigenvalue weighted by Gasteiger charge is -2.15. The third kappa shape index (κ3) is 6.87. The van der Waals surface area contributed by atoms with Crippen LogP contribution in [0, 0.1) is 0 Å². The molecule has 11 heteroatoms. The summed E-state index contributed by atoms with van der Waals surface area (Å²) in [5.41, 5.74) is 4.30. The average molecular weight is 542 g/mol. The van der Waals surface area contributed by atoms with Crippen molar-refractivity contribution in [1.82, 2.24) is 29.9 Å². The van der Waals surface area contributed by atoms with Gasteiger partial charge in [0.2, 0.25) is 0 Å². The molecule has 0 unspecified atom stereocenters. The third-order valence-corrected chi connectivity index (χ3v) is 6.07. The maximum Gasteiger partial charge on any atom is 0.163 e. The molecular formula is C29H31N7O4. The van der Waals surface area contributed by atoms with Crippen LogP contribution in [0.15, 0.2) is 73.3 Å². The molecule has 0 aliphatic rings. The molecule has 11 nitrogen and oxygen atoms in total. The smallest absolute Gasteiger partial charge is 0.163 e. The van der Waals surface area contributed by atoms with E-state index < -0.39 is 0 Å². The Kier molecular flexibility index (Phi) is 9.07. The molecule has 0 radical (unpaired) electrons. The summed E-state index contributed by atoms with van der Waals surface area (Å²) in [6.07, 6.45) is 6.04. The monoisotopic (exact) mass is 541 g/mol. The van der Waals surface area contributed by atoms with Crippen LogP contribution in [0.3, 0.4) is 0 Å². The summed E-state index contributed by atoms with van der Waals surface area (Å²) in [6.45, 7) is 2.37. The van der Waals surface area contributed by atoms with E-state index in [0.29, 0.717) is 50.3 Å². The number of fused-ring (bicyclic) bond motifs is 1. The van der Waals surface area contributed by atoms with Gasteiger partial charge in [0, 0.05) is 61.8 Å². The minimum atomic E-state index is 0.379. The Morgan fingerprint density at radius 3 is 2.42 bits per heavy atom. The predicted octanol–water partition coefficient (Wildman–Crippen LogP) is 4.32. The maximum atomic E-state index is 5.95. The number of benzene rings is 2. The van der Waals surface area contributed by atoms with Crippen molar-refractivity contribution in [3.05, 3.63) is 79.0 Å². The van der Waals surface area contributed by atoms with E-state index in [9.17, 15) is 0 Å². The van der Waals surface area contributed by atoms with Gasteiger partial charge in [-0.05, 0) is 30.3 Å². The van der Waals surface area contributed by atoms with E-state index in [1.165, 1.54) is 6.33 Å². The molecule has 0 atom stereocenters. The van der Waals surface area contributed by atoms with Crippen molar-refractivity contribution in [2.75, 3.05) is 46.0 Å². The van der Waals surface area contributed by atoms with Gasteiger partial charge in [0.15, 0.2) is 11.5 Å². The van der Waals surface area contributed by atoms with Crippen LogP contribution in [0.2, 0.25) is 0 Å². The molecule has 40 heavy (non-hydrogen) atoms. The van der Waals surface area contributed by atoms with Crippen molar-refractivity contribution in [3.8, 4) is 22.8 Å². The lowest BCUT2D eigenvalue weighted by molar-refractivity contribution is 0.132. The van der Waals surface area contributed by atoms with E-state index in [-0.39, 0.29) is 0 Å². The molecule has 5 aromatic rings. The Bertz CT molecular complexity index is 1530. The summed E-state index contributed by atoms with van der Waals surface area (Å²) in [6, 6.07) is 17.6. The maximum absolute atomic E-state index is 5.95. The lowest BCUT2D eigenvalue weighted by atomic mass is 10.1. The SMILES string of the molecule is COCCOc1cc2ncnc(Nc3cccc(-c4cn(CCc5ccccn5)nn4)c3)c2cc1OCCOC. The number of rotatable bonds is 14. The van der Waals surface area contributed by atoms with Gasteiger partial charge in [0.05, 0.1) is 24.9 Å². The van der Waals surface area contributed by atoms with Crippen molar-refractivity contribution in [1.29, 1.82) is 0 Å². The van der Waals surface area contributed by atoms with E-state index in [1.54, 1.807) is 20.4 Å². The molecule has 1 N–H and O–H groups in total. The van der Waals surface area contributed by atoms with Gasteiger partial charge in [-0.25, -0.2) is 9.97 Å². The van der Waals surface area contributed by atoms with Crippen molar-refractivity contribution >= 4 is 22.4 Å². The lowest BCUT2D eigenvalue weighted by Crippen LogP contribution is -2.09. The number of hydrogen-bond acceptors (Lipinski definition) is 10. The van der Waals surface area contributed by atoms with Crippen LogP contribution in [-0.4, -0.2) is 70.6 Å². The van der Waals surface area contributed by atoms with Crippen LogP contribution in [0.1, 0.15) is 5.69 Å². The summed E-state index contributed by atoms with van der Waals surface area (Å²) >= 11 is 0. The first kappa shape index (κ1) is 27.0. The first-order valence-corrected chi connectivity index (χ1v) is 12.9. The zero-order chi connectivity index (χ0) is 27.6. The van der Waals surface area contributed by atoms with E-state index in [2.05, 4.69) is 30.6 Å². The van der Waals surface area contributed by atoms with Crippen molar-refractivity contribution in [3.63, 3.8) is 0 Å². The Hall–Kier alpha value is -4.61. The Morgan fingerprint density at radius 2 is 1.65 bits per heavy atom. The van der Waals surface area contributed by atoms with Crippen LogP contribution in [0.25, 0.3) is 22.2 Å². The van der Waals surface area contributed by atoms with Crippen LogP contribution in [-0.2, 0) is 22.4 Å². The second kappa shape index (κ2) is 13.5. The quantitative estimate of drug-likeness (QED) is 0.204. The van der Waals surface area contributed by atoms with Gasteiger partial charge in [-0.1, -0.05) is 23.4 Å². The number of ether oxygens (including phenoxy) is 4. The highest BCUT2D eigenvalue weighted by Gasteiger charge is 2.14. The standard InChI is InChI=1S/C29H31N7O4/c1-37-12-14-39-27-17-24-25(18-28(27)40-15-13-38-2)31-20-32-29(24)33-23-8-5-6-21(16-23)26-19-36(35-34-26)11-9-22-7-3-4-10-30-22/h3-8,10,16-20H,9,11-15H2,1-2H3,(H,31,32,33). The first-order chi connectivity index (χ1) is 19.7. The van der Waals surface area contributed by atoms with Crippen LogP contribution in [0.5, 0.6) is 11.5 Å². The fourth-order valence-electron chi connectivity index (χ4n) is 4.07. The van der Waals surface area contributed by atoms with Gasteiger partial charge in [-0.3, -0.25) is 9.67 Å². The van der Waals surface area contributed by atoms with Crippen molar-refractivity contribution < 1.29 is 18.9 Å². The fourth-order valence-corrected chi connectivity index (χ4v) is 4.07. The second-order valence-electron chi connectivity index (χ2n) is 8.86. The summed E-state index contributed by atoms with van der Waals surface area (Å²) < 4.78 is 23.9. The number of nitrogens with one attached hydrogen (secondary N) is 1. The minimum absolute atomic E-state index is 0.379. The van der Waals surface area contributed by atoms with Crippen LogP contribution >= 0.6 is 0 Å². The molecule has 5 rings (SSSR count). The molecule has 3 heterocycles. The van der Waals surface area contributed by atoms with Gasteiger partial charge in [-0.2, -0.15) is 0 Å². The number of nitrogens with zero attached hydrogens (tertiary/aromatic N) is 6. The molecule has 0 bridgehead atoms. The van der Waals surface area contributed by atoms with Crippen molar-refractivity contribution in [2.45, 2.75) is 13.0 Å². The zero-order valence-electron chi connectivity index (χ0n) is 22.5. The number of methoxy groups -OCH3 is 2. The van der Waals surface area contributed by atoms with Gasteiger partial charge >= 0.3 is 0 Å². The van der Waals surface area contributed by atoms with Gasteiger partial charge in [0.1, 0.15) is 31.1 Å². The zero-order valence-corrected chi connectivity index (χ0v) is 22.5. The van der Waals surface area contributed by atoms with Gasteiger partial charge < -0.3 is 24.3 Å². The normalized spacial score (nSPS) is 11.1. The highest BCUT2D eigenvalue weighted by molar-refractivity contribution is 5.93. The molecule has 0 spiro atoms. The Labute approximate surface area is 232 Å². The minimum Gasteiger partial charge on any atom is -0.487 e. The Morgan fingerprint density at radius 1 is 0.825 bits per heavy atom. The van der Waals surface area contributed by atoms with Crippen molar-refractivity contribution in [2.24, 2.45) is 0 Å². The first-order valence-electron chi connectivity index (χ1n) is 12.9. The molecule has 206 valence electrons. The summed E-state index contributed by atoms with van der Waals surface area (Å²) in [4.78, 5) is 13.3. The highest BCUT2D eigenvalue weighted by atomic mass is 16.5.